The summed E-state index contributed by atoms with van der Waals surface area (Å²) in [6.07, 6.45) is 0. The molecule has 27 heavy (non-hydrogen) atoms. The Morgan fingerprint density at radius 1 is 1.11 bits per heavy atom. The van der Waals surface area contributed by atoms with Crippen molar-refractivity contribution in [2.75, 3.05) is 24.7 Å². The lowest BCUT2D eigenvalue weighted by Crippen LogP contribution is -2.37. The minimum absolute atomic E-state index is 0.0114. The van der Waals surface area contributed by atoms with E-state index in [1.165, 1.54) is 45.9 Å². The van der Waals surface area contributed by atoms with Crippen molar-refractivity contribution in [2.24, 2.45) is 14.1 Å². The molecule has 2 aromatic heterocycles. The van der Waals surface area contributed by atoms with Gasteiger partial charge in [0.25, 0.3) is 5.56 Å². The predicted molar refractivity (Wildman–Crippen MR) is 105 cm³/mol. The number of hydrogen-bond acceptors (Lipinski definition) is 8. The molecule has 2 N–H and O–H groups in total. The Hall–Kier alpha value is -2.21. The van der Waals surface area contributed by atoms with Crippen LogP contribution in [0.5, 0.6) is 0 Å². The van der Waals surface area contributed by atoms with Gasteiger partial charge in [-0.15, -0.1) is 10.2 Å². The number of carbonyl (C=O) groups is 1. The molecule has 0 radical (unpaired) electrons. The second kappa shape index (κ2) is 9.13. The van der Waals surface area contributed by atoms with Crippen molar-refractivity contribution in [3.05, 3.63) is 32.6 Å². The zero-order chi connectivity index (χ0) is 20.1. The van der Waals surface area contributed by atoms with Gasteiger partial charge in [-0.1, -0.05) is 23.5 Å². The van der Waals surface area contributed by atoms with Crippen LogP contribution in [0.15, 0.2) is 26.0 Å². The number of nitrogen functional groups attached to an aromatic ring is 1. The number of amides is 1. The van der Waals surface area contributed by atoms with Gasteiger partial charge in [0.1, 0.15) is 0 Å². The summed E-state index contributed by atoms with van der Waals surface area (Å²) in [4.78, 5) is 37.6. The molecule has 2 rings (SSSR count). The molecule has 0 spiro atoms. The van der Waals surface area contributed by atoms with Crippen LogP contribution in [0.25, 0.3) is 0 Å². The van der Waals surface area contributed by atoms with Crippen molar-refractivity contribution in [3.63, 3.8) is 0 Å². The summed E-state index contributed by atoms with van der Waals surface area (Å²) in [6, 6.07) is 1.41. The van der Waals surface area contributed by atoms with Crippen molar-refractivity contribution in [1.29, 1.82) is 0 Å². The Morgan fingerprint density at radius 3 is 2.30 bits per heavy atom. The molecule has 0 bridgehead atoms. The minimum Gasteiger partial charge on any atom is -0.343 e. The van der Waals surface area contributed by atoms with Gasteiger partial charge in [-0.05, 0) is 13.8 Å². The average Bonchev–Trinajstić information content (AvgIpc) is 3.01. The third kappa shape index (κ3) is 4.75. The largest absolute Gasteiger partial charge is 0.343 e. The van der Waals surface area contributed by atoms with Crippen LogP contribution in [0, 0.1) is 0 Å². The molecule has 0 atom stereocenters. The van der Waals surface area contributed by atoms with E-state index < -0.39 is 5.69 Å². The standard InChI is InChI=1S/C15H23N7O3S2/c1-5-21(6-2)12(24)9-27-14-18-17-13(22(14)16)26-8-10-7-11(23)20(4)15(25)19(10)3/h7H,5-6,8-9,16H2,1-4H3. The molecule has 12 heteroatoms. The van der Waals surface area contributed by atoms with Crippen molar-refractivity contribution in [1.82, 2.24) is 28.9 Å². The molecule has 0 aliphatic heterocycles. The van der Waals surface area contributed by atoms with Gasteiger partial charge in [0.2, 0.25) is 16.2 Å². The lowest BCUT2D eigenvalue weighted by molar-refractivity contribution is -0.127. The predicted octanol–water partition coefficient (Wildman–Crippen LogP) is -0.358. The molecule has 148 valence electrons. The zero-order valence-electron chi connectivity index (χ0n) is 15.7. The molecule has 0 aliphatic carbocycles. The highest BCUT2D eigenvalue weighted by molar-refractivity contribution is 8.00. The van der Waals surface area contributed by atoms with Crippen molar-refractivity contribution >= 4 is 29.4 Å². The van der Waals surface area contributed by atoms with E-state index in [1.807, 2.05) is 13.8 Å². The number of carbonyl (C=O) groups excluding carboxylic acids is 1. The van der Waals surface area contributed by atoms with E-state index in [-0.39, 0.29) is 17.2 Å². The van der Waals surface area contributed by atoms with E-state index in [2.05, 4.69) is 10.2 Å². The number of nitrogens with two attached hydrogens (primary N) is 1. The highest BCUT2D eigenvalue weighted by atomic mass is 32.2. The summed E-state index contributed by atoms with van der Waals surface area (Å²) in [5.41, 5.74) is -0.199. The maximum atomic E-state index is 12.1. The Morgan fingerprint density at radius 2 is 1.70 bits per heavy atom. The number of hydrogen-bond donors (Lipinski definition) is 1. The Balaban J connectivity index is 2.05. The number of thioether (sulfide) groups is 2. The van der Waals surface area contributed by atoms with Crippen LogP contribution in [0.2, 0.25) is 0 Å². The molecular formula is C15H23N7O3S2. The van der Waals surface area contributed by atoms with E-state index in [0.29, 0.717) is 34.8 Å². The van der Waals surface area contributed by atoms with Gasteiger partial charge in [0.05, 0.1) is 5.75 Å². The van der Waals surface area contributed by atoms with Gasteiger partial charge >= 0.3 is 5.69 Å². The molecule has 0 aliphatic rings. The van der Waals surface area contributed by atoms with Gasteiger partial charge in [-0.25, -0.2) is 9.47 Å². The topological polar surface area (TPSA) is 121 Å². The maximum absolute atomic E-state index is 12.1. The summed E-state index contributed by atoms with van der Waals surface area (Å²) in [7, 11) is 3.03. The Kier molecular flexibility index (Phi) is 7.13. The maximum Gasteiger partial charge on any atom is 0.330 e. The summed E-state index contributed by atoms with van der Waals surface area (Å²) in [6.45, 7) is 5.16. The zero-order valence-corrected chi connectivity index (χ0v) is 17.3. The van der Waals surface area contributed by atoms with E-state index >= 15 is 0 Å². The molecule has 1 amide bonds. The van der Waals surface area contributed by atoms with E-state index in [1.54, 1.807) is 11.9 Å². The van der Waals surface area contributed by atoms with Gasteiger partial charge in [0, 0.05) is 44.7 Å². The molecular weight excluding hydrogens is 390 g/mol. The van der Waals surface area contributed by atoms with Crippen molar-refractivity contribution < 1.29 is 4.79 Å². The van der Waals surface area contributed by atoms with E-state index in [4.69, 9.17) is 5.84 Å². The lowest BCUT2D eigenvalue weighted by atomic mass is 10.4. The fourth-order valence-corrected chi connectivity index (χ4v) is 4.00. The molecule has 0 saturated heterocycles. The highest BCUT2D eigenvalue weighted by Crippen LogP contribution is 2.23. The summed E-state index contributed by atoms with van der Waals surface area (Å²) in [5, 5.41) is 8.89. The third-order valence-corrected chi connectivity index (χ3v) is 5.95. The van der Waals surface area contributed by atoms with Gasteiger partial charge < -0.3 is 10.7 Å². The first-order chi connectivity index (χ1) is 12.8. The van der Waals surface area contributed by atoms with Crippen LogP contribution in [-0.4, -0.2) is 53.7 Å². The molecule has 0 fully saturated rings. The fraction of sp³-hybridized carbons (Fsp3) is 0.533. The molecule has 0 saturated carbocycles. The SMILES string of the molecule is CCN(CC)C(=O)CSc1nnc(SCc2cc(=O)n(C)c(=O)n2C)n1N. The number of aromatic nitrogens is 5. The van der Waals surface area contributed by atoms with Crippen LogP contribution in [0.1, 0.15) is 19.5 Å². The van der Waals surface area contributed by atoms with Crippen molar-refractivity contribution in [2.45, 2.75) is 29.9 Å². The van der Waals surface area contributed by atoms with Gasteiger partial charge in [-0.2, -0.15) is 0 Å². The number of rotatable bonds is 8. The van der Waals surface area contributed by atoms with E-state index in [9.17, 15) is 14.4 Å². The lowest BCUT2D eigenvalue weighted by Gasteiger charge is -2.17. The first-order valence-corrected chi connectivity index (χ1v) is 10.3. The molecule has 2 aromatic rings. The summed E-state index contributed by atoms with van der Waals surface area (Å²) < 4.78 is 3.76. The molecule has 0 unspecified atom stereocenters. The van der Waals surface area contributed by atoms with Crippen molar-refractivity contribution in [3.8, 4) is 0 Å². The first kappa shape index (κ1) is 21.1. The highest BCUT2D eigenvalue weighted by Gasteiger charge is 2.16. The van der Waals surface area contributed by atoms with Crippen LogP contribution in [0.3, 0.4) is 0 Å². The van der Waals surface area contributed by atoms with Crippen LogP contribution in [-0.2, 0) is 24.6 Å². The molecule has 0 aromatic carbocycles. The van der Waals surface area contributed by atoms with E-state index in [0.717, 1.165) is 4.57 Å². The second-order valence-electron chi connectivity index (χ2n) is 5.65. The monoisotopic (exact) mass is 413 g/mol. The third-order valence-electron chi connectivity index (χ3n) is 4.05. The van der Waals surface area contributed by atoms with Crippen LogP contribution in [0.4, 0.5) is 0 Å². The van der Waals surface area contributed by atoms with Gasteiger partial charge in [-0.3, -0.25) is 18.7 Å². The second-order valence-corrected chi connectivity index (χ2v) is 7.54. The summed E-state index contributed by atoms with van der Waals surface area (Å²) >= 11 is 2.47. The smallest absolute Gasteiger partial charge is 0.330 e. The normalized spacial score (nSPS) is 11.0. The quantitative estimate of drug-likeness (QED) is 0.460. The van der Waals surface area contributed by atoms with Gasteiger partial charge in [0.15, 0.2) is 0 Å². The average molecular weight is 414 g/mol. The minimum atomic E-state index is -0.390. The Bertz CT molecular complexity index is 930. The first-order valence-electron chi connectivity index (χ1n) is 8.29. The summed E-state index contributed by atoms with van der Waals surface area (Å²) in [5.74, 6) is 6.58. The molecule has 10 nitrogen and oxygen atoms in total. The molecule has 2 heterocycles. The van der Waals surface area contributed by atoms with Crippen LogP contribution < -0.4 is 17.1 Å². The number of nitrogens with zero attached hydrogens (tertiary/aromatic N) is 6. The Labute approximate surface area is 164 Å². The fourth-order valence-electron chi connectivity index (χ4n) is 2.31. The van der Waals surface area contributed by atoms with Crippen LogP contribution >= 0.6 is 23.5 Å².